The van der Waals surface area contributed by atoms with Gasteiger partial charge in [-0.3, -0.25) is 4.79 Å². The molecular formula is C13H16F2N2O. The lowest BCUT2D eigenvalue weighted by molar-refractivity contribution is 0.0706. The quantitative estimate of drug-likeness (QED) is 0.872. The minimum atomic E-state index is -0.981. The topological polar surface area (TPSA) is 32.3 Å². The average Bonchev–Trinajstić information content (AvgIpc) is 2.41. The Morgan fingerprint density at radius 3 is 2.50 bits per heavy atom. The van der Waals surface area contributed by atoms with Crippen LogP contribution in [0.4, 0.5) is 8.78 Å². The van der Waals surface area contributed by atoms with Crippen molar-refractivity contribution in [2.45, 2.75) is 18.9 Å². The molecule has 0 spiro atoms. The Kier molecular flexibility index (Phi) is 3.91. The van der Waals surface area contributed by atoms with E-state index >= 15 is 0 Å². The lowest BCUT2D eigenvalue weighted by Gasteiger charge is -2.31. The molecule has 1 aromatic rings. The summed E-state index contributed by atoms with van der Waals surface area (Å²) >= 11 is 0. The Labute approximate surface area is 105 Å². The van der Waals surface area contributed by atoms with Gasteiger partial charge in [-0.15, -0.1) is 0 Å². The summed E-state index contributed by atoms with van der Waals surface area (Å²) < 4.78 is 25.9. The molecule has 0 atom stereocenters. The van der Waals surface area contributed by atoms with Crippen LogP contribution in [-0.2, 0) is 0 Å². The molecule has 1 fully saturated rings. The summed E-state index contributed by atoms with van der Waals surface area (Å²) in [6.07, 6.45) is 1.76. The summed E-state index contributed by atoms with van der Waals surface area (Å²) in [6.45, 7) is 1.28. The van der Waals surface area contributed by atoms with Crippen molar-refractivity contribution >= 4 is 5.91 Å². The number of carbonyl (C=O) groups is 1. The van der Waals surface area contributed by atoms with Crippen molar-refractivity contribution < 1.29 is 13.6 Å². The molecule has 98 valence electrons. The number of piperidine rings is 1. The molecule has 0 aromatic heterocycles. The maximum Gasteiger partial charge on any atom is 0.253 e. The fourth-order valence-electron chi connectivity index (χ4n) is 2.18. The van der Waals surface area contributed by atoms with Crippen LogP contribution in [0.1, 0.15) is 23.2 Å². The predicted molar refractivity (Wildman–Crippen MR) is 64.3 cm³/mol. The SMILES string of the molecule is CNC1CCN(C(=O)c2ccc(F)c(F)c2)CC1. The highest BCUT2D eigenvalue weighted by Crippen LogP contribution is 2.15. The van der Waals surface area contributed by atoms with Gasteiger partial charge in [0.25, 0.3) is 5.91 Å². The lowest BCUT2D eigenvalue weighted by Crippen LogP contribution is -2.43. The zero-order chi connectivity index (χ0) is 13.1. The van der Waals surface area contributed by atoms with Gasteiger partial charge < -0.3 is 10.2 Å². The van der Waals surface area contributed by atoms with Crippen LogP contribution in [0.25, 0.3) is 0 Å². The van der Waals surface area contributed by atoms with Crippen molar-refractivity contribution in [3.05, 3.63) is 35.4 Å². The summed E-state index contributed by atoms with van der Waals surface area (Å²) in [4.78, 5) is 13.8. The Morgan fingerprint density at radius 2 is 1.94 bits per heavy atom. The molecule has 0 saturated carbocycles. The van der Waals surface area contributed by atoms with Gasteiger partial charge in [0, 0.05) is 24.7 Å². The maximum absolute atomic E-state index is 13.1. The van der Waals surface area contributed by atoms with E-state index < -0.39 is 11.6 Å². The number of halogens is 2. The van der Waals surface area contributed by atoms with Crippen molar-refractivity contribution in [2.24, 2.45) is 0 Å². The van der Waals surface area contributed by atoms with E-state index in [0.717, 1.165) is 25.0 Å². The van der Waals surface area contributed by atoms with E-state index in [4.69, 9.17) is 0 Å². The van der Waals surface area contributed by atoms with Gasteiger partial charge in [-0.2, -0.15) is 0 Å². The van der Waals surface area contributed by atoms with Gasteiger partial charge in [0.05, 0.1) is 0 Å². The number of hydrogen-bond acceptors (Lipinski definition) is 2. The van der Waals surface area contributed by atoms with Crippen LogP contribution in [0.15, 0.2) is 18.2 Å². The molecule has 0 unspecified atom stereocenters. The van der Waals surface area contributed by atoms with Crippen LogP contribution in [-0.4, -0.2) is 37.0 Å². The second kappa shape index (κ2) is 5.44. The van der Waals surface area contributed by atoms with Gasteiger partial charge in [0.1, 0.15) is 0 Å². The first-order valence-electron chi connectivity index (χ1n) is 6.03. The average molecular weight is 254 g/mol. The molecule has 1 aliphatic heterocycles. The van der Waals surface area contributed by atoms with Gasteiger partial charge >= 0.3 is 0 Å². The molecule has 3 nitrogen and oxygen atoms in total. The van der Waals surface area contributed by atoms with Crippen molar-refractivity contribution in [1.29, 1.82) is 0 Å². The maximum atomic E-state index is 13.1. The summed E-state index contributed by atoms with van der Waals surface area (Å²) in [7, 11) is 1.90. The fourth-order valence-corrected chi connectivity index (χ4v) is 2.18. The highest BCUT2D eigenvalue weighted by atomic mass is 19.2. The molecule has 18 heavy (non-hydrogen) atoms. The van der Waals surface area contributed by atoms with Crippen molar-refractivity contribution in [3.8, 4) is 0 Å². The number of rotatable bonds is 2. The van der Waals surface area contributed by atoms with Crippen molar-refractivity contribution in [3.63, 3.8) is 0 Å². The Bertz CT molecular complexity index is 443. The first kappa shape index (κ1) is 13.0. The van der Waals surface area contributed by atoms with Gasteiger partial charge in [-0.05, 0) is 38.1 Å². The highest BCUT2D eigenvalue weighted by molar-refractivity contribution is 5.94. The Morgan fingerprint density at radius 1 is 1.28 bits per heavy atom. The molecule has 1 amide bonds. The normalized spacial score (nSPS) is 16.9. The minimum Gasteiger partial charge on any atom is -0.339 e. The van der Waals surface area contributed by atoms with Crippen molar-refractivity contribution in [2.75, 3.05) is 20.1 Å². The van der Waals surface area contributed by atoms with E-state index in [0.29, 0.717) is 19.1 Å². The number of carbonyl (C=O) groups excluding carboxylic acids is 1. The number of nitrogens with one attached hydrogen (secondary N) is 1. The molecule has 0 bridgehead atoms. The van der Waals surface area contributed by atoms with Gasteiger partial charge in [-0.25, -0.2) is 8.78 Å². The van der Waals surface area contributed by atoms with E-state index in [9.17, 15) is 13.6 Å². The van der Waals surface area contributed by atoms with Crippen LogP contribution in [0.3, 0.4) is 0 Å². The monoisotopic (exact) mass is 254 g/mol. The highest BCUT2D eigenvalue weighted by Gasteiger charge is 2.23. The second-order valence-corrected chi connectivity index (χ2v) is 4.48. The van der Waals surface area contributed by atoms with E-state index in [2.05, 4.69) is 5.32 Å². The van der Waals surface area contributed by atoms with E-state index in [1.807, 2.05) is 7.05 Å². The zero-order valence-corrected chi connectivity index (χ0v) is 10.2. The third-order valence-electron chi connectivity index (χ3n) is 3.36. The fraction of sp³-hybridized carbons (Fsp3) is 0.462. The minimum absolute atomic E-state index is 0.205. The molecule has 0 radical (unpaired) electrons. The smallest absolute Gasteiger partial charge is 0.253 e. The largest absolute Gasteiger partial charge is 0.339 e. The van der Waals surface area contributed by atoms with E-state index in [1.54, 1.807) is 4.90 Å². The lowest BCUT2D eigenvalue weighted by atomic mass is 10.0. The summed E-state index contributed by atoms with van der Waals surface area (Å²) in [5.74, 6) is -2.14. The third kappa shape index (κ3) is 2.67. The molecule has 1 heterocycles. The van der Waals surface area contributed by atoms with E-state index in [-0.39, 0.29) is 11.5 Å². The van der Waals surface area contributed by atoms with Crippen LogP contribution in [0, 0.1) is 11.6 Å². The Hall–Kier alpha value is -1.49. The van der Waals surface area contributed by atoms with Crippen LogP contribution < -0.4 is 5.32 Å². The molecule has 0 aliphatic carbocycles. The zero-order valence-electron chi connectivity index (χ0n) is 10.2. The summed E-state index contributed by atoms with van der Waals surface area (Å²) in [5.41, 5.74) is 0.205. The Balaban J connectivity index is 2.05. The first-order valence-corrected chi connectivity index (χ1v) is 6.03. The van der Waals surface area contributed by atoms with Gasteiger partial charge in [-0.1, -0.05) is 0 Å². The molecule has 1 saturated heterocycles. The second-order valence-electron chi connectivity index (χ2n) is 4.48. The van der Waals surface area contributed by atoms with Crippen molar-refractivity contribution in [1.82, 2.24) is 10.2 Å². The van der Waals surface area contributed by atoms with Gasteiger partial charge in [0.2, 0.25) is 0 Å². The molecular weight excluding hydrogens is 238 g/mol. The standard InChI is InChI=1S/C13H16F2N2O/c1-16-10-4-6-17(7-5-10)13(18)9-2-3-11(14)12(15)8-9/h2-3,8,10,16H,4-7H2,1H3. The van der Waals surface area contributed by atoms with Crippen LogP contribution in [0.2, 0.25) is 0 Å². The third-order valence-corrected chi connectivity index (χ3v) is 3.36. The molecule has 5 heteroatoms. The number of nitrogens with zero attached hydrogens (tertiary/aromatic N) is 1. The summed E-state index contributed by atoms with van der Waals surface area (Å²) in [5, 5.41) is 3.17. The number of amides is 1. The molecule has 1 N–H and O–H groups in total. The summed E-state index contributed by atoms with van der Waals surface area (Å²) in [6, 6.07) is 3.70. The molecule has 1 aromatic carbocycles. The molecule has 1 aliphatic rings. The number of hydrogen-bond donors (Lipinski definition) is 1. The predicted octanol–water partition coefficient (Wildman–Crippen LogP) is 1.79. The first-order chi connectivity index (χ1) is 8.61. The van der Waals surface area contributed by atoms with Crippen LogP contribution >= 0.6 is 0 Å². The van der Waals surface area contributed by atoms with Crippen LogP contribution in [0.5, 0.6) is 0 Å². The van der Waals surface area contributed by atoms with Gasteiger partial charge in [0.15, 0.2) is 11.6 Å². The molecule has 2 rings (SSSR count). The number of likely N-dealkylation sites (tertiary alicyclic amines) is 1. The number of benzene rings is 1. The van der Waals surface area contributed by atoms with E-state index in [1.165, 1.54) is 6.07 Å².